The minimum absolute atomic E-state index is 0.0490. The Morgan fingerprint density at radius 1 is 1.48 bits per heavy atom. The van der Waals surface area contributed by atoms with Gasteiger partial charge in [-0.05, 0) is 19.1 Å². The number of hydrogen-bond donors (Lipinski definition) is 3. The van der Waals surface area contributed by atoms with Crippen LogP contribution in [0.1, 0.15) is 13.3 Å². The van der Waals surface area contributed by atoms with Crippen LogP contribution in [0.25, 0.3) is 11.4 Å². The zero-order valence-corrected chi connectivity index (χ0v) is 15.4. The van der Waals surface area contributed by atoms with Gasteiger partial charge in [0.2, 0.25) is 5.91 Å². The molecule has 154 valence electrons. The van der Waals surface area contributed by atoms with Crippen LogP contribution in [-0.2, 0) is 11.3 Å². The Balaban J connectivity index is 1.68. The second kappa shape index (κ2) is 6.61. The number of nitrogens with two attached hydrogens (primary N) is 1. The van der Waals surface area contributed by atoms with Crippen molar-refractivity contribution in [2.24, 2.45) is 5.73 Å². The van der Waals surface area contributed by atoms with Gasteiger partial charge in [0.15, 0.2) is 5.82 Å². The van der Waals surface area contributed by atoms with Gasteiger partial charge in [0.05, 0.1) is 12.1 Å². The molecule has 1 aromatic heterocycles. The van der Waals surface area contributed by atoms with Crippen LogP contribution in [0.3, 0.4) is 0 Å². The standard InChI is InChI=1S/C18H19F2N5O4/c1-9(15(21)26)22-10-2-3-11-12(6-10)29-5-4-24-8-14(23-16(11)24)25(17(27)28)13-7-18(13,19)20/h2-3,6,8-9,13,22H,4-5,7H2,1H3,(H2,21,26)(H,27,28)/t9-,13-/m0/s1. The minimum atomic E-state index is -3.04. The molecule has 2 heterocycles. The zero-order chi connectivity index (χ0) is 20.9. The molecule has 11 heteroatoms. The maximum absolute atomic E-state index is 13.5. The molecule has 4 rings (SSSR count). The van der Waals surface area contributed by atoms with E-state index in [9.17, 15) is 23.5 Å². The molecule has 1 aliphatic heterocycles. The number of aromatic nitrogens is 2. The number of amides is 2. The van der Waals surface area contributed by atoms with Crippen LogP contribution in [0.2, 0.25) is 0 Å². The molecule has 2 atom stereocenters. The average Bonchev–Trinajstić information content (AvgIpc) is 3.11. The minimum Gasteiger partial charge on any atom is -0.491 e. The number of nitrogens with one attached hydrogen (secondary N) is 1. The fraction of sp³-hybridized carbons (Fsp3) is 0.389. The van der Waals surface area contributed by atoms with Gasteiger partial charge < -0.3 is 25.5 Å². The molecule has 9 nitrogen and oxygen atoms in total. The highest BCUT2D eigenvalue weighted by Crippen LogP contribution is 2.47. The molecule has 1 fully saturated rings. The van der Waals surface area contributed by atoms with E-state index in [1.165, 1.54) is 6.20 Å². The Bertz CT molecular complexity index is 993. The fourth-order valence-electron chi connectivity index (χ4n) is 3.26. The monoisotopic (exact) mass is 407 g/mol. The molecular formula is C18H19F2N5O4. The smallest absolute Gasteiger partial charge is 0.413 e. The van der Waals surface area contributed by atoms with Gasteiger partial charge in [0, 0.05) is 24.4 Å². The van der Waals surface area contributed by atoms with Crippen molar-refractivity contribution in [2.75, 3.05) is 16.8 Å². The molecule has 2 aliphatic rings. The number of nitrogens with zero attached hydrogens (tertiary/aromatic N) is 3. The molecule has 0 saturated heterocycles. The topological polar surface area (TPSA) is 123 Å². The fourth-order valence-corrected chi connectivity index (χ4v) is 3.26. The van der Waals surface area contributed by atoms with Crippen molar-refractivity contribution in [1.82, 2.24) is 9.55 Å². The number of anilines is 2. The van der Waals surface area contributed by atoms with Crippen LogP contribution in [0.5, 0.6) is 5.75 Å². The Hall–Kier alpha value is -3.37. The number of fused-ring (bicyclic) bond motifs is 3. The normalized spacial score (nSPS) is 19.8. The van der Waals surface area contributed by atoms with Crippen LogP contribution >= 0.6 is 0 Å². The number of primary amides is 1. The lowest BCUT2D eigenvalue weighted by Crippen LogP contribution is -2.35. The Morgan fingerprint density at radius 2 is 2.21 bits per heavy atom. The first-order chi connectivity index (χ1) is 13.7. The molecule has 0 radical (unpaired) electrons. The van der Waals surface area contributed by atoms with Gasteiger partial charge in [-0.2, -0.15) is 0 Å². The predicted molar refractivity (Wildman–Crippen MR) is 99.3 cm³/mol. The molecule has 0 spiro atoms. The van der Waals surface area contributed by atoms with Gasteiger partial charge in [0.1, 0.15) is 30.3 Å². The third-order valence-corrected chi connectivity index (χ3v) is 4.94. The first-order valence-electron chi connectivity index (χ1n) is 8.97. The van der Waals surface area contributed by atoms with E-state index < -0.39 is 36.4 Å². The first-order valence-corrected chi connectivity index (χ1v) is 8.97. The van der Waals surface area contributed by atoms with Crippen LogP contribution in [0.15, 0.2) is 24.4 Å². The van der Waals surface area contributed by atoms with Gasteiger partial charge in [-0.25, -0.2) is 18.6 Å². The van der Waals surface area contributed by atoms with Crippen LogP contribution < -0.4 is 20.7 Å². The van der Waals surface area contributed by atoms with E-state index in [0.717, 1.165) is 0 Å². The van der Waals surface area contributed by atoms with E-state index in [1.54, 1.807) is 29.7 Å². The third-order valence-electron chi connectivity index (χ3n) is 4.94. The highest BCUT2D eigenvalue weighted by Gasteiger charge is 2.62. The average molecular weight is 407 g/mol. The summed E-state index contributed by atoms with van der Waals surface area (Å²) in [6.07, 6.45) is -0.553. The van der Waals surface area contributed by atoms with E-state index in [4.69, 9.17) is 10.5 Å². The van der Waals surface area contributed by atoms with Crippen LogP contribution in [-0.4, -0.2) is 51.3 Å². The van der Waals surface area contributed by atoms with E-state index in [-0.39, 0.29) is 12.4 Å². The summed E-state index contributed by atoms with van der Waals surface area (Å²) in [5, 5.41) is 12.4. The molecular weight excluding hydrogens is 388 g/mol. The van der Waals surface area contributed by atoms with Crippen molar-refractivity contribution in [2.45, 2.75) is 37.9 Å². The van der Waals surface area contributed by atoms with E-state index in [1.807, 2.05) is 0 Å². The number of alkyl halides is 2. The molecule has 2 aromatic rings. The SMILES string of the molecule is C[C@H](Nc1ccc2c(c1)OCCn1cc(N(C(=O)O)[C@H]3CC3(F)F)nc1-2)C(N)=O. The summed E-state index contributed by atoms with van der Waals surface area (Å²) in [5.74, 6) is -2.71. The lowest BCUT2D eigenvalue weighted by Gasteiger charge is -2.16. The van der Waals surface area contributed by atoms with Crippen molar-refractivity contribution in [3.63, 3.8) is 0 Å². The van der Waals surface area contributed by atoms with Gasteiger partial charge in [-0.15, -0.1) is 0 Å². The van der Waals surface area contributed by atoms with Crippen LogP contribution in [0.4, 0.5) is 25.1 Å². The number of carbonyl (C=O) groups is 2. The Labute approximate surface area is 164 Å². The van der Waals surface area contributed by atoms with E-state index in [2.05, 4.69) is 10.3 Å². The second-order valence-corrected chi connectivity index (χ2v) is 7.08. The van der Waals surface area contributed by atoms with Crippen molar-refractivity contribution in [1.29, 1.82) is 0 Å². The molecule has 1 aliphatic carbocycles. The second-order valence-electron chi connectivity index (χ2n) is 7.08. The number of halogens is 2. The number of imidazole rings is 1. The lowest BCUT2D eigenvalue weighted by molar-refractivity contribution is -0.118. The zero-order valence-electron chi connectivity index (χ0n) is 15.4. The number of hydrogen-bond acceptors (Lipinski definition) is 5. The summed E-state index contributed by atoms with van der Waals surface area (Å²) in [5.41, 5.74) is 6.46. The summed E-state index contributed by atoms with van der Waals surface area (Å²) in [6.45, 7) is 2.27. The number of benzene rings is 1. The number of ether oxygens (including phenoxy) is 1. The maximum atomic E-state index is 13.5. The predicted octanol–water partition coefficient (Wildman–Crippen LogP) is 2.12. The number of carbonyl (C=O) groups excluding carboxylic acids is 1. The van der Waals surface area contributed by atoms with E-state index in [0.29, 0.717) is 34.3 Å². The molecule has 2 amide bonds. The molecule has 29 heavy (non-hydrogen) atoms. The van der Waals surface area contributed by atoms with Crippen molar-refractivity contribution in [3.05, 3.63) is 24.4 Å². The Morgan fingerprint density at radius 3 is 2.83 bits per heavy atom. The lowest BCUT2D eigenvalue weighted by atomic mass is 10.1. The number of carboxylic acid groups (broad SMARTS) is 1. The van der Waals surface area contributed by atoms with Crippen molar-refractivity contribution < 1.29 is 28.2 Å². The molecule has 0 bridgehead atoms. The van der Waals surface area contributed by atoms with Crippen molar-refractivity contribution >= 4 is 23.5 Å². The molecule has 1 aromatic carbocycles. The highest BCUT2D eigenvalue weighted by molar-refractivity contribution is 5.87. The molecule has 0 unspecified atom stereocenters. The molecule has 1 saturated carbocycles. The van der Waals surface area contributed by atoms with Gasteiger partial charge >= 0.3 is 6.09 Å². The van der Waals surface area contributed by atoms with Gasteiger partial charge in [-0.3, -0.25) is 9.69 Å². The highest BCUT2D eigenvalue weighted by atomic mass is 19.3. The summed E-state index contributed by atoms with van der Waals surface area (Å²) in [6, 6.07) is 3.10. The van der Waals surface area contributed by atoms with Crippen molar-refractivity contribution in [3.8, 4) is 17.1 Å². The van der Waals surface area contributed by atoms with Crippen LogP contribution in [0, 0.1) is 0 Å². The summed E-state index contributed by atoms with van der Waals surface area (Å²) >= 11 is 0. The van der Waals surface area contributed by atoms with Gasteiger partial charge in [0.25, 0.3) is 5.92 Å². The van der Waals surface area contributed by atoms with E-state index >= 15 is 0 Å². The summed E-state index contributed by atoms with van der Waals surface area (Å²) in [7, 11) is 0. The number of rotatable bonds is 5. The maximum Gasteiger partial charge on any atom is 0.413 e. The Kier molecular flexibility index (Phi) is 4.32. The largest absolute Gasteiger partial charge is 0.491 e. The summed E-state index contributed by atoms with van der Waals surface area (Å²) in [4.78, 5) is 27.8. The third kappa shape index (κ3) is 3.43. The quantitative estimate of drug-likeness (QED) is 0.698. The first kappa shape index (κ1) is 19.0. The molecule has 4 N–H and O–H groups in total. The van der Waals surface area contributed by atoms with Gasteiger partial charge in [-0.1, -0.05) is 0 Å². The summed E-state index contributed by atoms with van der Waals surface area (Å²) < 4.78 is 34.4.